The van der Waals surface area contributed by atoms with Crippen LogP contribution in [0.3, 0.4) is 0 Å². The maximum Gasteiger partial charge on any atom is 0.309 e. The van der Waals surface area contributed by atoms with Crippen molar-refractivity contribution in [3.05, 3.63) is 109 Å². The summed E-state index contributed by atoms with van der Waals surface area (Å²) in [6, 6.07) is 0. The summed E-state index contributed by atoms with van der Waals surface area (Å²) in [5.41, 5.74) is 0. The predicted molar refractivity (Wildman–Crippen MR) is 237 cm³/mol. The zero-order valence-corrected chi connectivity index (χ0v) is 35.6. The van der Waals surface area contributed by atoms with Gasteiger partial charge < -0.3 is 14.2 Å². The molecule has 1 atom stereocenters. The molecule has 0 aromatic rings. The van der Waals surface area contributed by atoms with E-state index in [2.05, 4.69) is 106 Å². The fraction of sp³-hybridized carbons (Fsp3) is 0.580. The number of unbranched alkanes of at least 4 members (excludes halogenated alkanes) is 9. The summed E-state index contributed by atoms with van der Waals surface area (Å²) in [4.78, 5) is 37.5. The van der Waals surface area contributed by atoms with Crippen LogP contribution in [0.2, 0.25) is 0 Å². The van der Waals surface area contributed by atoms with E-state index in [-0.39, 0.29) is 44.4 Å². The number of ether oxygens (including phenoxy) is 3. The van der Waals surface area contributed by atoms with Crippen LogP contribution in [0.4, 0.5) is 0 Å². The van der Waals surface area contributed by atoms with Crippen molar-refractivity contribution in [2.24, 2.45) is 0 Å². The van der Waals surface area contributed by atoms with Crippen LogP contribution in [0.5, 0.6) is 0 Å². The van der Waals surface area contributed by atoms with Gasteiger partial charge in [0.1, 0.15) is 13.2 Å². The zero-order valence-electron chi connectivity index (χ0n) is 35.6. The number of hydrogen-bond acceptors (Lipinski definition) is 6. The van der Waals surface area contributed by atoms with Crippen LogP contribution in [0.25, 0.3) is 0 Å². The van der Waals surface area contributed by atoms with Gasteiger partial charge in [0.2, 0.25) is 0 Å². The van der Waals surface area contributed by atoms with Crippen LogP contribution in [0, 0.1) is 0 Å². The first kappa shape index (κ1) is 52.1. The summed E-state index contributed by atoms with van der Waals surface area (Å²) in [7, 11) is 0. The van der Waals surface area contributed by atoms with Gasteiger partial charge in [-0.1, -0.05) is 169 Å². The van der Waals surface area contributed by atoms with Crippen LogP contribution in [-0.2, 0) is 28.6 Å². The molecule has 0 aliphatic carbocycles. The Morgan fingerprint density at radius 2 is 0.804 bits per heavy atom. The molecule has 0 aliphatic rings. The maximum atomic E-state index is 12.7. The molecule has 0 aromatic heterocycles. The van der Waals surface area contributed by atoms with Crippen molar-refractivity contribution in [3.63, 3.8) is 0 Å². The number of carbonyl (C=O) groups is 3. The van der Waals surface area contributed by atoms with Crippen molar-refractivity contribution in [3.8, 4) is 0 Å². The fourth-order valence-corrected chi connectivity index (χ4v) is 5.31. The lowest BCUT2D eigenvalue weighted by Crippen LogP contribution is -2.30. The van der Waals surface area contributed by atoms with Crippen molar-refractivity contribution >= 4 is 17.9 Å². The molecule has 314 valence electrons. The van der Waals surface area contributed by atoms with Crippen molar-refractivity contribution in [2.75, 3.05) is 13.2 Å². The first-order chi connectivity index (χ1) is 27.5. The highest BCUT2D eigenvalue weighted by molar-refractivity contribution is 5.72. The van der Waals surface area contributed by atoms with Gasteiger partial charge in [0.25, 0.3) is 0 Å². The Balaban J connectivity index is 4.59. The maximum absolute atomic E-state index is 12.7. The van der Waals surface area contributed by atoms with E-state index < -0.39 is 12.1 Å². The van der Waals surface area contributed by atoms with E-state index in [1.54, 1.807) is 6.08 Å². The van der Waals surface area contributed by atoms with Gasteiger partial charge in [-0.3, -0.25) is 14.4 Å². The van der Waals surface area contributed by atoms with Crippen molar-refractivity contribution < 1.29 is 28.6 Å². The van der Waals surface area contributed by atoms with E-state index in [0.29, 0.717) is 6.42 Å². The molecule has 0 rings (SSSR count). The Morgan fingerprint density at radius 3 is 1.32 bits per heavy atom. The van der Waals surface area contributed by atoms with Gasteiger partial charge in [0.05, 0.1) is 6.42 Å². The molecule has 0 aliphatic heterocycles. The highest BCUT2D eigenvalue weighted by Gasteiger charge is 2.19. The van der Waals surface area contributed by atoms with E-state index in [1.807, 2.05) is 18.2 Å². The molecular weight excluding hydrogens is 697 g/mol. The summed E-state index contributed by atoms with van der Waals surface area (Å²) in [5.74, 6) is -1.18. The molecule has 0 radical (unpaired) electrons. The minimum absolute atomic E-state index is 0.116. The van der Waals surface area contributed by atoms with Gasteiger partial charge in [-0.25, -0.2) is 0 Å². The van der Waals surface area contributed by atoms with Gasteiger partial charge in [-0.2, -0.15) is 0 Å². The third-order valence-electron chi connectivity index (χ3n) is 8.54. The predicted octanol–water partition coefficient (Wildman–Crippen LogP) is 14.0. The van der Waals surface area contributed by atoms with Crippen LogP contribution < -0.4 is 0 Å². The highest BCUT2D eigenvalue weighted by Crippen LogP contribution is 2.10. The monoisotopic (exact) mass is 775 g/mol. The molecular formula is C50H78O6. The van der Waals surface area contributed by atoms with Gasteiger partial charge in [0, 0.05) is 12.8 Å². The molecule has 0 saturated heterocycles. The smallest absolute Gasteiger partial charge is 0.309 e. The molecule has 0 aromatic carbocycles. The van der Waals surface area contributed by atoms with Gasteiger partial charge >= 0.3 is 17.9 Å². The molecule has 0 saturated carbocycles. The quantitative estimate of drug-likeness (QED) is 0.0271. The van der Waals surface area contributed by atoms with Gasteiger partial charge in [-0.05, 0) is 89.9 Å². The molecule has 0 bridgehead atoms. The summed E-state index contributed by atoms with van der Waals surface area (Å²) < 4.78 is 16.5. The Morgan fingerprint density at radius 1 is 0.393 bits per heavy atom. The zero-order chi connectivity index (χ0) is 40.8. The summed E-state index contributed by atoms with van der Waals surface area (Å²) in [5, 5.41) is 0. The van der Waals surface area contributed by atoms with E-state index in [4.69, 9.17) is 14.2 Å². The van der Waals surface area contributed by atoms with Crippen LogP contribution in [0.1, 0.15) is 168 Å². The molecule has 6 heteroatoms. The Hall–Kier alpha value is -3.93. The van der Waals surface area contributed by atoms with Crippen molar-refractivity contribution in [2.45, 2.75) is 175 Å². The van der Waals surface area contributed by atoms with E-state index >= 15 is 0 Å². The SMILES string of the molecule is CC/C=C\C/C=C\C/C=C\C/C=C\C/C=C\CCC(=O)OCC(COC(=O)C/C=C\C/C=C\C/C=C\CC)OC(=O)CCCCC/C=C\CCCCCCCC. The second kappa shape index (κ2) is 43.8. The fourth-order valence-electron chi connectivity index (χ4n) is 5.31. The average molecular weight is 775 g/mol. The molecule has 0 heterocycles. The number of rotatable bonds is 37. The third-order valence-corrected chi connectivity index (χ3v) is 8.54. The lowest BCUT2D eigenvalue weighted by molar-refractivity contribution is -0.166. The summed E-state index contributed by atoms with van der Waals surface area (Å²) in [6.07, 6.45) is 58.3. The number of carbonyl (C=O) groups excluding carboxylic acids is 3. The number of esters is 3. The molecule has 0 amide bonds. The van der Waals surface area contributed by atoms with Crippen molar-refractivity contribution in [1.82, 2.24) is 0 Å². The third kappa shape index (κ3) is 41.2. The Bertz CT molecular complexity index is 1210. The molecule has 0 fully saturated rings. The van der Waals surface area contributed by atoms with E-state index in [0.717, 1.165) is 83.5 Å². The van der Waals surface area contributed by atoms with E-state index in [1.165, 1.54) is 38.5 Å². The van der Waals surface area contributed by atoms with E-state index in [9.17, 15) is 14.4 Å². The van der Waals surface area contributed by atoms with Gasteiger partial charge in [0.15, 0.2) is 6.10 Å². The second-order valence-electron chi connectivity index (χ2n) is 13.8. The lowest BCUT2D eigenvalue weighted by atomic mass is 10.1. The highest BCUT2D eigenvalue weighted by atomic mass is 16.6. The Kier molecular flexibility index (Phi) is 40.7. The van der Waals surface area contributed by atoms with Crippen LogP contribution in [-0.4, -0.2) is 37.2 Å². The molecule has 56 heavy (non-hydrogen) atoms. The summed E-state index contributed by atoms with van der Waals surface area (Å²) >= 11 is 0. The van der Waals surface area contributed by atoms with Crippen LogP contribution in [0.15, 0.2) is 109 Å². The van der Waals surface area contributed by atoms with Crippen LogP contribution >= 0.6 is 0 Å². The first-order valence-electron chi connectivity index (χ1n) is 21.9. The summed E-state index contributed by atoms with van der Waals surface area (Å²) in [6.45, 7) is 6.18. The molecule has 6 nitrogen and oxygen atoms in total. The van der Waals surface area contributed by atoms with Gasteiger partial charge in [-0.15, -0.1) is 0 Å². The minimum Gasteiger partial charge on any atom is -0.462 e. The largest absolute Gasteiger partial charge is 0.462 e. The second-order valence-corrected chi connectivity index (χ2v) is 13.8. The number of allylic oxidation sites excluding steroid dienone is 17. The molecule has 0 N–H and O–H groups in total. The average Bonchev–Trinajstić information content (AvgIpc) is 3.19. The topological polar surface area (TPSA) is 78.9 Å². The normalized spacial score (nSPS) is 13.1. The standard InChI is InChI=1S/C50H78O6/c1-4-7-10-13-16-19-21-23-24-25-27-28-31-34-37-40-43-49(52)55-46-47(45-54-48(51)42-39-36-33-30-18-15-12-9-6-3)56-50(53)44-41-38-35-32-29-26-22-20-17-14-11-8-5-2/h7,9-10,12,16,18-19,23-24,26-30,34,36-37,39,47H,4-6,8,11,13-15,17,20-22,25,31-33,35,38,40-46H2,1-3H3/b10-7-,12-9-,19-16-,24-23-,28-27-,29-26-,30-18-,37-34-,39-36-. The number of hydrogen-bond donors (Lipinski definition) is 0. The molecule has 0 spiro atoms. The Labute approximate surface area is 342 Å². The lowest BCUT2D eigenvalue weighted by Gasteiger charge is -2.18. The van der Waals surface area contributed by atoms with Crippen molar-refractivity contribution in [1.29, 1.82) is 0 Å². The minimum atomic E-state index is -0.850. The molecule has 1 unspecified atom stereocenters. The first-order valence-corrected chi connectivity index (χ1v) is 21.9.